The molecule has 3 heteroatoms. The highest BCUT2D eigenvalue weighted by molar-refractivity contribution is 6.33. The third-order valence-electron chi connectivity index (χ3n) is 3.79. The molecule has 2 nitrogen and oxygen atoms in total. The highest BCUT2D eigenvalue weighted by Crippen LogP contribution is 2.33. The predicted molar refractivity (Wildman–Crippen MR) is 68.2 cm³/mol. The maximum Gasteiger partial charge on any atom is 0.0639 e. The van der Waals surface area contributed by atoms with E-state index in [4.69, 9.17) is 11.6 Å². The van der Waals surface area contributed by atoms with Gasteiger partial charge in [-0.25, -0.2) is 0 Å². The van der Waals surface area contributed by atoms with Crippen LogP contribution in [0.2, 0.25) is 5.02 Å². The quantitative estimate of drug-likeness (QED) is 0.807. The number of anilines is 1. The van der Waals surface area contributed by atoms with Gasteiger partial charge in [-0.15, -0.1) is 0 Å². The van der Waals surface area contributed by atoms with Crippen molar-refractivity contribution >= 4 is 17.3 Å². The molecule has 0 radical (unpaired) electrons. The van der Waals surface area contributed by atoms with Crippen molar-refractivity contribution in [2.24, 2.45) is 0 Å². The largest absolute Gasteiger partial charge is 0.366 e. The minimum Gasteiger partial charge on any atom is -0.366 e. The van der Waals surface area contributed by atoms with Gasteiger partial charge in [0, 0.05) is 18.6 Å². The van der Waals surface area contributed by atoms with Crippen molar-refractivity contribution in [3.63, 3.8) is 0 Å². The van der Waals surface area contributed by atoms with Gasteiger partial charge in [-0.3, -0.25) is 0 Å². The van der Waals surface area contributed by atoms with Crippen LogP contribution in [0.25, 0.3) is 0 Å². The first kappa shape index (κ1) is 10.4. The lowest BCUT2D eigenvalue weighted by Crippen LogP contribution is -2.48. The summed E-state index contributed by atoms with van der Waals surface area (Å²) in [7, 11) is 0. The number of hydrogen-bond acceptors (Lipinski definition) is 2. The Labute approximate surface area is 102 Å². The lowest BCUT2D eigenvalue weighted by Gasteiger charge is -2.39. The van der Waals surface area contributed by atoms with Crippen molar-refractivity contribution in [2.75, 3.05) is 18.0 Å². The molecule has 0 spiro atoms. The van der Waals surface area contributed by atoms with E-state index >= 15 is 0 Å². The van der Waals surface area contributed by atoms with Gasteiger partial charge in [-0.05, 0) is 37.9 Å². The Kier molecular flexibility index (Phi) is 2.78. The van der Waals surface area contributed by atoms with Gasteiger partial charge in [-0.1, -0.05) is 23.7 Å². The topological polar surface area (TPSA) is 15.3 Å². The van der Waals surface area contributed by atoms with Gasteiger partial charge in [0.2, 0.25) is 0 Å². The van der Waals surface area contributed by atoms with Crippen LogP contribution in [-0.2, 0) is 0 Å². The van der Waals surface area contributed by atoms with E-state index in [-0.39, 0.29) is 0 Å². The molecule has 0 aromatic heterocycles. The summed E-state index contributed by atoms with van der Waals surface area (Å²) in [5, 5.41) is 4.48. The summed E-state index contributed by atoms with van der Waals surface area (Å²) in [6, 6.07) is 9.53. The van der Waals surface area contributed by atoms with Crippen molar-refractivity contribution < 1.29 is 0 Å². The van der Waals surface area contributed by atoms with E-state index in [9.17, 15) is 0 Å². The third kappa shape index (κ3) is 1.70. The fraction of sp³-hybridized carbons (Fsp3) is 0.538. The molecule has 16 heavy (non-hydrogen) atoms. The molecule has 0 amide bonds. The van der Waals surface area contributed by atoms with Crippen molar-refractivity contribution in [1.29, 1.82) is 0 Å². The zero-order valence-corrected chi connectivity index (χ0v) is 10.1. The lowest BCUT2D eigenvalue weighted by atomic mass is 9.97. The monoisotopic (exact) mass is 236 g/mol. The van der Waals surface area contributed by atoms with Crippen molar-refractivity contribution in [3.8, 4) is 0 Å². The molecular formula is C13H17ClN2. The fourth-order valence-electron chi connectivity index (χ4n) is 3.05. The van der Waals surface area contributed by atoms with Crippen molar-refractivity contribution in [3.05, 3.63) is 29.3 Å². The summed E-state index contributed by atoms with van der Waals surface area (Å²) in [5.74, 6) is 0. The average molecular weight is 237 g/mol. The van der Waals surface area contributed by atoms with E-state index < -0.39 is 0 Å². The first-order chi connectivity index (χ1) is 7.86. The molecule has 2 saturated heterocycles. The minimum atomic E-state index is 0.647. The molecule has 2 aliphatic rings. The summed E-state index contributed by atoms with van der Waals surface area (Å²) in [5.41, 5.74) is 1.21. The van der Waals surface area contributed by atoms with Crippen LogP contribution in [0.1, 0.15) is 19.3 Å². The van der Waals surface area contributed by atoms with Crippen LogP contribution >= 0.6 is 11.6 Å². The first-order valence-electron chi connectivity index (χ1n) is 6.11. The molecular weight excluding hydrogens is 220 g/mol. The molecule has 0 bridgehead atoms. The van der Waals surface area contributed by atoms with Gasteiger partial charge < -0.3 is 10.2 Å². The molecule has 86 valence electrons. The molecule has 2 unspecified atom stereocenters. The van der Waals surface area contributed by atoms with E-state index in [2.05, 4.69) is 22.3 Å². The van der Waals surface area contributed by atoms with Crippen molar-refractivity contribution in [2.45, 2.75) is 31.3 Å². The van der Waals surface area contributed by atoms with E-state index in [1.807, 2.05) is 12.1 Å². The molecule has 2 aliphatic heterocycles. The summed E-state index contributed by atoms with van der Waals surface area (Å²) >= 11 is 6.29. The molecule has 2 fully saturated rings. The van der Waals surface area contributed by atoms with Gasteiger partial charge in [0.15, 0.2) is 0 Å². The van der Waals surface area contributed by atoms with Crippen LogP contribution in [0.5, 0.6) is 0 Å². The Morgan fingerprint density at radius 2 is 2.12 bits per heavy atom. The molecule has 0 saturated carbocycles. The van der Waals surface area contributed by atoms with E-state index in [1.54, 1.807) is 0 Å². The average Bonchev–Trinajstić information content (AvgIpc) is 2.77. The maximum absolute atomic E-state index is 6.29. The van der Waals surface area contributed by atoms with E-state index in [0.29, 0.717) is 12.1 Å². The number of hydrogen-bond donors (Lipinski definition) is 1. The molecule has 1 aromatic rings. The number of halogens is 1. The highest BCUT2D eigenvalue weighted by atomic mass is 35.5. The van der Waals surface area contributed by atoms with Crippen LogP contribution in [0.15, 0.2) is 24.3 Å². The van der Waals surface area contributed by atoms with Gasteiger partial charge >= 0.3 is 0 Å². The van der Waals surface area contributed by atoms with Gasteiger partial charge in [-0.2, -0.15) is 0 Å². The van der Waals surface area contributed by atoms with Gasteiger partial charge in [0.05, 0.1) is 10.7 Å². The summed E-state index contributed by atoms with van der Waals surface area (Å²) in [6.45, 7) is 2.29. The zero-order chi connectivity index (χ0) is 11.0. The van der Waals surface area contributed by atoms with Crippen LogP contribution < -0.4 is 10.2 Å². The van der Waals surface area contributed by atoms with Gasteiger partial charge in [0.25, 0.3) is 0 Å². The van der Waals surface area contributed by atoms with E-state index in [1.165, 1.54) is 24.9 Å². The number of fused-ring (bicyclic) bond motifs is 1. The Hall–Kier alpha value is -0.730. The number of nitrogens with one attached hydrogen (secondary N) is 1. The van der Waals surface area contributed by atoms with Crippen LogP contribution in [0.4, 0.5) is 5.69 Å². The SMILES string of the molecule is Clc1ccccc1N1CCCC2NCCC21. The number of benzene rings is 1. The molecule has 1 N–H and O–H groups in total. The maximum atomic E-state index is 6.29. The number of piperidine rings is 1. The van der Waals surface area contributed by atoms with Crippen molar-refractivity contribution in [1.82, 2.24) is 5.32 Å². The Morgan fingerprint density at radius 3 is 3.00 bits per heavy atom. The zero-order valence-electron chi connectivity index (χ0n) is 9.32. The number of nitrogens with zero attached hydrogens (tertiary/aromatic N) is 1. The van der Waals surface area contributed by atoms with Crippen LogP contribution in [-0.4, -0.2) is 25.2 Å². The molecule has 3 rings (SSSR count). The molecule has 2 atom stereocenters. The minimum absolute atomic E-state index is 0.647. The smallest absolute Gasteiger partial charge is 0.0639 e. The Balaban J connectivity index is 1.91. The van der Waals surface area contributed by atoms with Gasteiger partial charge in [0.1, 0.15) is 0 Å². The molecule has 2 heterocycles. The second kappa shape index (κ2) is 4.27. The van der Waals surface area contributed by atoms with Crippen LogP contribution in [0.3, 0.4) is 0 Å². The molecule has 1 aromatic carbocycles. The summed E-state index contributed by atoms with van der Waals surface area (Å²) in [6.07, 6.45) is 3.82. The normalized spacial score (nSPS) is 29.2. The van der Waals surface area contributed by atoms with Crippen LogP contribution in [0, 0.1) is 0 Å². The first-order valence-corrected chi connectivity index (χ1v) is 6.48. The molecule has 0 aliphatic carbocycles. The number of para-hydroxylation sites is 1. The summed E-state index contributed by atoms with van der Waals surface area (Å²) < 4.78 is 0. The third-order valence-corrected chi connectivity index (χ3v) is 4.11. The lowest BCUT2D eigenvalue weighted by molar-refractivity contribution is 0.412. The highest BCUT2D eigenvalue weighted by Gasteiger charge is 2.35. The summed E-state index contributed by atoms with van der Waals surface area (Å²) in [4.78, 5) is 2.50. The second-order valence-electron chi connectivity index (χ2n) is 4.70. The fourth-order valence-corrected chi connectivity index (χ4v) is 3.30. The predicted octanol–water partition coefficient (Wildman–Crippen LogP) is 2.67. The Morgan fingerprint density at radius 1 is 1.25 bits per heavy atom. The standard InChI is InChI=1S/C13H17ClN2/c14-10-4-1-2-6-12(10)16-9-3-5-11-13(16)7-8-15-11/h1-2,4,6,11,13,15H,3,5,7-9H2. The second-order valence-corrected chi connectivity index (χ2v) is 5.11. The van der Waals surface area contributed by atoms with E-state index in [0.717, 1.165) is 18.1 Å². The Bertz CT molecular complexity index is 380. The number of rotatable bonds is 1.